The van der Waals surface area contributed by atoms with Gasteiger partial charge in [0, 0.05) is 43.9 Å². The Bertz CT molecular complexity index is 1120. The molecule has 1 aliphatic heterocycles. The van der Waals surface area contributed by atoms with Crippen LogP contribution in [0, 0.1) is 6.92 Å². The summed E-state index contributed by atoms with van der Waals surface area (Å²) in [4.78, 5) is 21.5. The van der Waals surface area contributed by atoms with E-state index in [0.717, 1.165) is 43.9 Å². The third-order valence-electron chi connectivity index (χ3n) is 5.99. The monoisotopic (exact) mass is 466 g/mol. The number of carbonyl (C=O) groups is 1. The number of carbonyl (C=O) groups excluding carboxylic acids is 1. The van der Waals surface area contributed by atoms with Crippen LogP contribution in [0.3, 0.4) is 0 Å². The number of nitrogens with zero attached hydrogens (tertiary/aromatic N) is 4. The summed E-state index contributed by atoms with van der Waals surface area (Å²) in [6, 6.07) is 11.3. The summed E-state index contributed by atoms with van der Waals surface area (Å²) >= 11 is 0. The molecule has 1 fully saturated rings. The molecule has 9 heteroatoms. The highest BCUT2D eigenvalue weighted by atomic mass is 16.5. The van der Waals surface area contributed by atoms with Crippen LogP contribution < -0.4 is 14.2 Å². The number of hydrogen-bond acceptors (Lipinski definition) is 9. The Labute approximate surface area is 199 Å². The molecule has 1 saturated heterocycles. The van der Waals surface area contributed by atoms with E-state index in [4.69, 9.17) is 18.7 Å². The van der Waals surface area contributed by atoms with Gasteiger partial charge in [-0.15, -0.1) is 0 Å². The normalized spacial score (nSPS) is 14.7. The molecule has 34 heavy (non-hydrogen) atoms. The van der Waals surface area contributed by atoms with Crippen molar-refractivity contribution >= 4 is 5.78 Å². The molecule has 0 aliphatic carbocycles. The minimum absolute atomic E-state index is 0.0954. The number of benzene rings is 2. The summed E-state index contributed by atoms with van der Waals surface area (Å²) in [5.74, 6) is 2.26. The number of aryl methyl sites for hydroxylation is 1. The molecule has 4 rings (SSSR count). The van der Waals surface area contributed by atoms with E-state index in [9.17, 15) is 4.79 Å². The summed E-state index contributed by atoms with van der Waals surface area (Å²) < 4.78 is 21.8. The standard InChI is InChI=1S/C25H30N4O5/c1-17-5-7-18(8-6-17)22(30)25-26-21(34-27-25)16-29-13-11-28(12-14-29)15-19-9-10-20(31-2)24(33-4)23(19)32-3/h5-10H,11-16H2,1-4H3. The van der Waals surface area contributed by atoms with Crippen molar-refractivity contribution in [2.75, 3.05) is 47.5 Å². The number of ether oxygens (including phenoxy) is 3. The lowest BCUT2D eigenvalue weighted by molar-refractivity contribution is 0.102. The average molecular weight is 467 g/mol. The summed E-state index contributed by atoms with van der Waals surface area (Å²) in [5.41, 5.74) is 2.69. The van der Waals surface area contributed by atoms with E-state index in [0.29, 0.717) is 35.2 Å². The van der Waals surface area contributed by atoms with Crippen molar-refractivity contribution in [2.45, 2.75) is 20.0 Å². The fourth-order valence-corrected chi connectivity index (χ4v) is 4.07. The number of piperazine rings is 1. The van der Waals surface area contributed by atoms with E-state index < -0.39 is 0 Å². The lowest BCUT2D eigenvalue weighted by atomic mass is 10.1. The van der Waals surface area contributed by atoms with Gasteiger partial charge in [0.15, 0.2) is 11.5 Å². The Morgan fingerprint density at radius 1 is 0.882 bits per heavy atom. The largest absolute Gasteiger partial charge is 0.493 e. The number of methoxy groups -OCH3 is 3. The minimum atomic E-state index is -0.233. The van der Waals surface area contributed by atoms with Gasteiger partial charge in [-0.3, -0.25) is 14.6 Å². The van der Waals surface area contributed by atoms with Crippen LogP contribution in [0.25, 0.3) is 0 Å². The van der Waals surface area contributed by atoms with Gasteiger partial charge in [0.2, 0.25) is 23.2 Å². The molecular weight excluding hydrogens is 436 g/mol. The first-order chi connectivity index (χ1) is 16.5. The van der Waals surface area contributed by atoms with Gasteiger partial charge in [-0.1, -0.05) is 41.1 Å². The van der Waals surface area contributed by atoms with E-state index in [-0.39, 0.29) is 11.6 Å². The molecule has 9 nitrogen and oxygen atoms in total. The van der Waals surface area contributed by atoms with Crippen LogP contribution in [0.5, 0.6) is 17.2 Å². The first-order valence-electron chi connectivity index (χ1n) is 11.2. The van der Waals surface area contributed by atoms with Crippen molar-refractivity contribution in [2.24, 2.45) is 0 Å². The first kappa shape index (κ1) is 23.7. The zero-order valence-corrected chi connectivity index (χ0v) is 20.0. The highest BCUT2D eigenvalue weighted by Crippen LogP contribution is 2.40. The van der Waals surface area contributed by atoms with Crippen molar-refractivity contribution in [1.82, 2.24) is 19.9 Å². The van der Waals surface area contributed by atoms with Crippen molar-refractivity contribution in [3.05, 3.63) is 64.8 Å². The lowest BCUT2D eigenvalue weighted by Gasteiger charge is -2.34. The van der Waals surface area contributed by atoms with Crippen LogP contribution in [-0.2, 0) is 13.1 Å². The molecule has 180 valence electrons. The zero-order chi connectivity index (χ0) is 24.1. The molecule has 2 aromatic carbocycles. The predicted octanol–water partition coefficient (Wildman–Crippen LogP) is 2.95. The Morgan fingerprint density at radius 2 is 1.53 bits per heavy atom. The number of rotatable bonds is 9. The summed E-state index contributed by atoms with van der Waals surface area (Å²) in [6.07, 6.45) is 0. The fraction of sp³-hybridized carbons (Fsp3) is 0.400. The maximum atomic E-state index is 12.6. The van der Waals surface area contributed by atoms with Crippen LogP contribution in [0.1, 0.15) is 33.2 Å². The maximum Gasteiger partial charge on any atom is 0.243 e. The molecule has 1 aliphatic rings. The number of hydrogen-bond donors (Lipinski definition) is 0. The molecule has 0 N–H and O–H groups in total. The van der Waals surface area contributed by atoms with Gasteiger partial charge in [0.05, 0.1) is 27.9 Å². The van der Waals surface area contributed by atoms with Crippen molar-refractivity contribution in [3.8, 4) is 17.2 Å². The summed E-state index contributed by atoms with van der Waals surface area (Å²) in [5, 5.41) is 3.89. The Kier molecular flexibility index (Phi) is 7.44. The van der Waals surface area contributed by atoms with Crippen LogP contribution in [0.15, 0.2) is 40.9 Å². The third-order valence-corrected chi connectivity index (χ3v) is 5.99. The Morgan fingerprint density at radius 3 is 2.15 bits per heavy atom. The molecule has 0 atom stereocenters. The van der Waals surface area contributed by atoms with Crippen molar-refractivity contribution in [3.63, 3.8) is 0 Å². The topological polar surface area (TPSA) is 90.2 Å². The van der Waals surface area contributed by atoms with E-state index in [1.54, 1.807) is 33.5 Å². The maximum absolute atomic E-state index is 12.6. The number of aromatic nitrogens is 2. The number of ketones is 1. The molecule has 2 heterocycles. The Hall–Kier alpha value is -3.43. The average Bonchev–Trinajstić information content (AvgIpc) is 3.33. The lowest BCUT2D eigenvalue weighted by Crippen LogP contribution is -2.45. The fourth-order valence-electron chi connectivity index (χ4n) is 4.07. The van der Waals surface area contributed by atoms with Gasteiger partial charge in [0.1, 0.15) is 0 Å². The van der Waals surface area contributed by atoms with E-state index >= 15 is 0 Å². The zero-order valence-electron chi connectivity index (χ0n) is 20.0. The highest BCUT2D eigenvalue weighted by Gasteiger charge is 2.23. The van der Waals surface area contributed by atoms with Gasteiger partial charge in [-0.25, -0.2) is 0 Å². The minimum Gasteiger partial charge on any atom is -0.493 e. The smallest absolute Gasteiger partial charge is 0.243 e. The second-order valence-electron chi connectivity index (χ2n) is 8.25. The van der Waals surface area contributed by atoms with Gasteiger partial charge in [-0.2, -0.15) is 4.98 Å². The SMILES string of the molecule is COc1ccc(CN2CCN(Cc3nc(C(=O)c4ccc(C)cc4)no3)CC2)c(OC)c1OC. The molecule has 1 aromatic heterocycles. The van der Waals surface area contributed by atoms with E-state index in [2.05, 4.69) is 19.9 Å². The van der Waals surface area contributed by atoms with Crippen molar-refractivity contribution < 1.29 is 23.5 Å². The molecule has 0 bridgehead atoms. The summed E-state index contributed by atoms with van der Waals surface area (Å²) in [7, 11) is 4.86. The molecule has 0 saturated carbocycles. The molecule has 3 aromatic rings. The molecular formula is C25H30N4O5. The van der Waals surface area contributed by atoms with Gasteiger partial charge in [0.25, 0.3) is 0 Å². The third kappa shape index (κ3) is 5.21. The quantitative estimate of drug-likeness (QED) is 0.442. The Balaban J connectivity index is 1.33. The predicted molar refractivity (Wildman–Crippen MR) is 126 cm³/mol. The van der Waals surface area contributed by atoms with E-state index in [1.807, 2.05) is 31.2 Å². The van der Waals surface area contributed by atoms with Gasteiger partial charge >= 0.3 is 0 Å². The molecule has 0 amide bonds. The van der Waals surface area contributed by atoms with Gasteiger partial charge in [-0.05, 0) is 13.0 Å². The second-order valence-corrected chi connectivity index (χ2v) is 8.25. The molecule has 0 spiro atoms. The second kappa shape index (κ2) is 10.7. The van der Waals surface area contributed by atoms with E-state index in [1.165, 1.54) is 0 Å². The van der Waals surface area contributed by atoms with Crippen LogP contribution in [0.2, 0.25) is 0 Å². The van der Waals surface area contributed by atoms with Crippen LogP contribution in [-0.4, -0.2) is 73.2 Å². The summed E-state index contributed by atoms with van der Waals surface area (Å²) in [6.45, 7) is 6.68. The van der Waals surface area contributed by atoms with Crippen LogP contribution >= 0.6 is 0 Å². The van der Waals surface area contributed by atoms with Gasteiger partial charge < -0.3 is 18.7 Å². The molecule has 0 unspecified atom stereocenters. The highest BCUT2D eigenvalue weighted by molar-refractivity contribution is 6.06. The van der Waals surface area contributed by atoms with Crippen LogP contribution in [0.4, 0.5) is 0 Å². The molecule has 0 radical (unpaired) electrons. The van der Waals surface area contributed by atoms with Crippen molar-refractivity contribution in [1.29, 1.82) is 0 Å². The first-order valence-corrected chi connectivity index (χ1v) is 11.2.